The van der Waals surface area contributed by atoms with Crippen LogP contribution in [0, 0.1) is 0 Å². The summed E-state index contributed by atoms with van der Waals surface area (Å²) in [4.78, 5) is 90.3. The quantitative estimate of drug-likeness (QED) is 0.117. The number of ether oxygens (including phenoxy) is 1. The van der Waals surface area contributed by atoms with E-state index >= 15 is 4.79 Å². The van der Waals surface area contributed by atoms with Gasteiger partial charge in [-0.2, -0.15) is 0 Å². The minimum Gasteiger partial charge on any atom is -0.544 e. The van der Waals surface area contributed by atoms with Crippen LogP contribution in [0.3, 0.4) is 0 Å². The molecule has 6 rings (SSSR count). The van der Waals surface area contributed by atoms with Crippen LogP contribution in [0.4, 0.5) is 16.2 Å². The van der Waals surface area contributed by atoms with Crippen LogP contribution in [0.1, 0.15) is 49.9 Å². The highest BCUT2D eigenvalue weighted by Gasteiger charge is 2.47. The molecule has 2 aliphatic rings. The van der Waals surface area contributed by atoms with Gasteiger partial charge in [0.05, 0.1) is 0 Å². The lowest BCUT2D eigenvalue weighted by Crippen LogP contribution is -2.64. The Morgan fingerprint density at radius 2 is 1.28 bits per heavy atom. The summed E-state index contributed by atoms with van der Waals surface area (Å²) in [6.45, 7) is 18.8. The van der Waals surface area contributed by atoms with Gasteiger partial charge in [0, 0.05) is 44.1 Å². The van der Waals surface area contributed by atoms with Gasteiger partial charge in [0.15, 0.2) is 0 Å². The zero-order valence-electron chi connectivity index (χ0n) is 40.5. The fourth-order valence-corrected chi connectivity index (χ4v) is 9.86. The molecule has 14 nitrogen and oxygen atoms in total. The van der Waals surface area contributed by atoms with E-state index in [0.29, 0.717) is 11.4 Å². The number of hydrogen-bond acceptors (Lipinski definition) is 9. The Balaban J connectivity index is 1.29. The predicted molar refractivity (Wildman–Crippen MR) is 264 cm³/mol. The van der Waals surface area contributed by atoms with Gasteiger partial charge in [0.2, 0.25) is 28.4 Å². The molecule has 0 radical (unpaired) electrons. The fraction of sp³-hybridized carbons (Fsp3) is 0.412. The van der Waals surface area contributed by atoms with Gasteiger partial charge in [0.1, 0.15) is 41.6 Å². The number of carbonyl (C=O) groups is 6. The Hall–Kier alpha value is -6.27. The summed E-state index contributed by atoms with van der Waals surface area (Å²) in [6, 6.07) is 25.7. The Morgan fingerprint density at radius 3 is 1.88 bits per heavy atom. The molecule has 0 unspecified atom stereocenters. The number of anilines is 2. The van der Waals surface area contributed by atoms with Crippen molar-refractivity contribution in [1.29, 1.82) is 0 Å². The van der Waals surface area contributed by atoms with Crippen molar-refractivity contribution in [3.63, 3.8) is 0 Å². The zero-order chi connectivity index (χ0) is 49.0. The second-order valence-corrected chi connectivity index (χ2v) is 29.1. The van der Waals surface area contributed by atoms with E-state index in [0.717, 1.165) is 28.0 Å². The molecule has 0 aliphatic carbocycles. The lowest BCUT2D eigenvalue weighted by molar-refractivity contribution is -0.140. The van der Waals surface area contributed by atoms with E-state index in [4.69, 9.17) is 13.6 Å². The Bertz CT molecular complexity index is 2470. The second-order valence-electron chi connectivity index (χ2n) is 20.3. The van der Waals surface area contributed by atoms with Gasteiger partial charge in [-0.15, -0.1) is 0 Å². The Kier molecular flexibility index (Phi) is 15.2. The molecule has 0 aromatic heterocycles. The van der Waals surface area contributed by atoms with Crippen molar-refractivity contribution in [3.05, 3.63) is 125 Å². The molecule has 0 spiro atoms. The first kappa shape index (κ1) is 50.2. The molecule has 4 aromatic rings. The molecule has 67 heavy (non-hydrogen) atoms. The standard InChI is InChI=1S/C51H65N5O9Si2/c1-33(45(57)53-40(49(61)65-67(9,10)11)29-35-25-27-38(28-26-35)64-66(6,7)8)55-41-23-17-16-22-37(41)32-44(48(55)60)56-42-24-18-15-21-36(42)31-39(47(56)59)52-46(58)43(30-34-19-13-12-14-20-34)54(5)50(62)63-51(2,3)4/h12-28,33,39-40,43-44H,29-32H2,1-11H3,(H,52,58)(H,53,57)/t33-,39-,40-,43-,44-/m0/s1. The summed E-state index contributed by atoms with van der Waals surface area (Å²) in [5, 5.41) is 5.87. The molecule has 2 N–H and O–H groups in total. The van der Waals surface area contributed by atoms with Crippen LogP contribution in [-0.2, 0) is 58.8 Å². The molecule has 16 heteroatoms. The fourth-order valence-electron chi connectivity index (χ4n) is 8.27. The highest BCUT2D eigenvalue weighted by molar-refractivity contribution is 6.71. The summed E-state index contributed by atoms with van der Waals surface area (Å²) in [5.74, 6) is -2.04. The highest BCUT2D eigenvalue weighted by atomic mass is 28.4. The molecule has 5 atom stereocenters. The number of benzene rings is 4. The van der Waals surface area contributed by atoms with E-state index < -0.39 is 88.1 Å². The van der Waals surface area contributed by atoms with E-state index in [9.17, 15) is 24.0 Å². The van der Waals surface area contributed by atoms with Gasteiger partial charge in [-0.1, -0.05) is 78.9 Å². The Labute approximate surface area is 396 Å². The summed E-state index contributed by atoms with van der Waals surface area (Å²) in [7, 11) is -2.77. The molecular weight excluding hydrogens is 883 g/mol. The lowest BCUT2D eigenvalue weighted by Gasteiger charge is -2.44. The van der Waals surface area contributed by atoms with Crippen molar-refractivity contribution in [2.75, 3.05) is 16.8 Å². The van der Waals surface area contributed by atoms with Crippen molar-refractivity contribution in [1.82, 2.24) is 15.5 Å². The Morgan fingerprint density at radius 1 is 0.716 bits per heavy atom. The minimum atomic E-state index is -2.40. The molecule has 356 valence electrons. The van der Waals surface area contributed by atoms with Crippen molar-refractivity contribution in [3.8, 4) is 5.75 Å². The van der Waals surface area contributed by atoms with Crippen LogP contribution in [0.15, 0.2) is 103 Å². The molecular formula is C51H65N5O9Si2. The maximum atomic E-state index is 15.1. The first-order chi connectivity index (χ1) is 31.4. The van der Waals surface area contributed by atoms with E-state index in [1.165, 1.54) is 21.7 Å². The number of para-hydroxylation sites is 2. The maximum Gasteiger partial charge on any atom is 0.410 e. The summed E-state index contributed by atoms with van der Waals surface area (Å²) in [6.07, 6.45) is -0.160. The normalized spacial score (nSPS) is 17.5. The van der Waals surface area contributed by atoms with Crippen molar-refractivity contribution in [2.24, 2.45) is 0 Å². The van der Waals surface area contributed by atoms with E-state index in [-0.39, 0.29) is 25.7 Å². The summed E-state index contributed by atoms with van der Waals surface area (Å²) >= 11 is 0. The van der Waals surface area contributed by atoms with E-state index in [1.54, 1.807) is 52.0 Å². The number of hydrogen-bond donors (Lipinski definition) is 2. The number of likely N-dealkylation sites (N-methyl/N-ethyl adjacent to an activating group) is 1. The summed E-state index contributed by atoms with van der Waals surface area (Å²) in [5.41, 5.74) is 3.21. The van der Waals surface area contributed by atoms with Gasteiger partial charge < -0.3 is 24.2 Å². The number of fused-ring (bicyclic) bond motifs is 2. The molecule has 0 saturated heterocycles. The number of amides is 5. The van der Waals surface area contributed by atoms with Crippen LogP contribution in [0.25, 0.3) is 0 Å². The average Bonchev–Trinajstić information content (AvgIpc) is 3.24. The smallest absolute Gasteiger partial charge is 0.410 e. The molecule has 0 bridgehead atoms. The maximum absolute atomic E-state index is 15.1. The third kappa shape index (κ3) is 12.8. The molecule has 2 heterocycles. The van der Waals surface area contributed by atoms with Crippen molar-refractivity contribution in [2.45, 2.75) is 128 Å². The highest BCUT2D eigenvalue weighted by Crippen LogP contribution is 2.37. The predicted octanol–water partition coefficient (Wildman–Crippen LogP) is 7.20. The van der Waals surface area contributed by atoms with Gasteiger partial charge in [-0.25, -0.2) is 4.79 Å². The van der Waals surface area contributed by atoms with Gasteiger partial charge in [-0.3, -0.25) is 38.7 Å². The molecule has 5 amide bonds. The number of rotatable bonds is 15. The van der Waals surface area contributed by atoms with Crippen LogP contribution in [0.2, 0.25) is 39.3 Å². The van der Waals surface area contributed by atoms with Crippen LogP contribution >= 0.6 is 0 Å². The average molecular weight is 948 g/mol. The van der Waals surface area contributed by atoms with Gasteiger partial charge in [0.25, 0.3) is 11.8 Å². The van der Waals surface area contributed by atoms with Crippen LogP contribution in [-0.4, -0.2) is 100 Å². The molecule has 0 fully saturated rings. The molecule has 4 aromatic carbocycles. The third-order valence-electron chi connectivity index (χ3n) is 11.3. The van der Waals surface area contributed by atoms with Gasteiger partial charge in [-0.05, 0) is 113 Å². The number of nitrogens with one attached hydrogen (secondary N) is 2. The van der Waals surface area contributed by atoms with Crippen LogP contribution < -0.4 is 24.9 Å². The number of nitrogens with zero attached hydrogens (tertiary/aromatic N) is 3. The van der Waals surface area contributed by atoms with Crippen molar-refractivity contribution < 1.29 is 42.4 Å². The first-order valence-electron chi connectivity index (χ1n) is 22.8. The summed E-state index contributed by atoms with van der Waals surface area (Å²) < 4.78 is 17.7. The monoisotopic (exact) mass is 947 g/mol. The van der Waals surface area contributed by atoms with Gasteiger partial charge >= 0.3 is 12.1 Å². The topological polar surface area (TPSA) is 164 Å². The van der Waals surface area contributed by atoms with E-state index in [2.05, 4.69) is 30.3 Å². The lowest BCUT2D eigenvalue weighted by atomic mass is 9.89. The van der Waals surface area contributed by atoms with Crippen molar-refractivity contribution >= 4 is 63.7 Å². The van der Waals surface area contributed by atoms with E-state index in [1.807, 2.05) is 98.5 Å². The molecule has 2 aliphatic heterocycles. The minimum absolute atomic E-state index is 0.126. The zero-order valence-corrected chi connectivity index (χ0v) is 42.5. The SMILES string of the molecule is C[C@@H](C(=O)N[C@@H](Cc1ccc(O[Si](C)(C)C)cc1)C(=O)O[Si](C)(C)C)N1C(=O)[C@@H](N2C(=O)[C@@H](NC(=O)[C@H](Cc3ccccc3)N(C)C(=O)OC(C)(C)C)Cc3ccccc32)Cc2ccccc21. The largest absolute Gasteiger partial charge is 0.544 e. The number of carbonyl (C=O) groups excluding carboxylic acids is 6. The third-order valence-corrected chi connectivity index (χ3v) is 13.0. The first-order valence-corrected chi connectivity index (χ1v) is 29.6. The second kappa shape index (κ2) is 20.3. The van der Waals surface area contributed by atoms with Crippen LogP contribution in [0.5, 0.6) is 5.75 Å². The molecule has 0 saturated carbocycles.